The summed E-state index contributed by atoms with van der Waals surface area (Å²) in [5, 5.41) is 5.58. The molecule has 0 spiro atoms. The summed E-state index contributed by atoms with van der Waals surface area (Å²) in [5.74, 6) is -0.697. The molecule has 1 aromatic heterocycles. The third-order valence-corrected chi connectivity index (χ3v) is 4.83. The van der Waals surface area contributed by atoms with Crippen LogP contribution < -0.4 is 16.4 Å². The van der Waals surface area contributed by atoms with Crippen LogP contribution in [0, 0.1) is 6.92 Å². The highest BCUT2D eigenvalue weighted by atomic mass is 79.9. The van der Waals surface area contributed by atoms with Crippen LogP contribution in [-0.2, 0) is 16.0 Å². The maximum absolute atomic E-state index is 11.7. The summed E-state index contributed by atoms with van der Waals surface area (Å²) in [4.78, 5) is 27.9. The maximum Gasteiger partial charge on any atom is 0.245 e. The van der Waals surface area contributed by atoms with Gasteiger partial charge in [0.2, 0.25) is 11.8 Å². The molecule has 24 heavy (non-hydrogen) atoms. The van der Waals surface area contributed by atoms with E-state index in [-0.39, 0.29) is 37.3 Å². The Kier molecular flexibility index (Phi) is 8.34. The van der Waals surface area contributed by atoms with E-state index in [1.165, 1.54) is 22.5 Å². The van der Waals surface area contributed by atoms with Gasteiger partial charge in [0.05, 0.1) is 13.1 Å². The summed E-state index contributed by atoms with van der Waals surface area (Å²) in [5.41, 5.74) is 7.51. The number of benzene rings is 1. The monoisotopic (exact) mass is 432 g/mol. The molecule has 0 unspecified atom stereocenters. The number of anilines is 1. The number of hydrogen-bond acceptors (Lipinski definition) is 5. The van der Waals surface area contributed by atoms with E-state index in [4.69, 9.17) is 5.73 Å². The molecule has 0 saturated heterocycles. The lowest BCUT2D eigenvalue weighted by Crippen LogP contribution is -2.36. The quantitative estimate of drug-likeness (QED) is 0.651. The Bertz CT molecular complexity index is 723. The standard InChI is InChI=1S/C15H17BrN4O2S.ClH/c1-9-4-10(2-3-12(9)16)5-11-7-19-15(23-11)20-14(22)8-18-13(21)6-17;/h2-4,7H,5-6,8,17H2,1H3,(H,18,21)(H,19,20,22);1H. The van der Waals surface area contributed by atoms with E-state index in [9.17, 15) is 9.59 Å². The zero-order valence-electron chi connectivity index (χ0n) is 13.0. The molecule has 2 amide bonds. The van der Waals surface area contributed by atoms with Gasteiger partial charge in [-0.15, -0.1) is 23.7 Å². The summed E-state index contributed by atoms with van der Waals surface area (Å²) in [6, 6.07) is 6.19. The van der Waals surface area contributed by atoms with Crippen LogP contribution in [0.2, 0.25) is 0 Å². The van der Waals surface area contributed by atoms with Gasteiger partial charge in [-0.3, -0.25) is 9.59 Å². The van der Waals surface area contributed by atoms with E-state index >= 15 is 0 Å². The predicted molar refractivity (Wildman–Crippen MR) is 102 cm³/mol. The van der Waals surface area contributed by atoms with E-state index in [1.54, 1.807) is 6.20 Å². The van der Waals surface area contributed by atoms with Crippen molar-refractivity contribution in [3.05, 3.63) is 44.9 Å². The number of halogens is 2. The fourth-order valence-electron chi connectivity index (χ4n) is 1.88. The molecule has 0 saturated carbocycles. The number of carbonyl (C=O) groups is 2. The second-order valence-corrected chi connectivity index (χ2v) is 6.89. The molecule has 6 nitrogen and oxygen atoms in total. The Morgan fingerprint density at radius 1 is 1.33 bits per heavy atom. The van der Waals surface area contributed by atoms with Gasteiger partial charge in [0.25, 0.3) is 0 Å². The first kappa shape index (κ1) is 20.6. The lowest BCUT2D eigenvalue weighted by Gasteiger charge is -2.03. The molecule has 2 rings (SSSR count). The molecule has 4 N–H and O–H groups in total. The molecule has 1 heterocycles. The second kappa shape index (κ2) is 9.73. The number of aromatic nitrogens is 1. The number of hydrogen-bond donors (Lipinski definition) is 3. The lowest BCUT2D eigenvalue weighted by molar-refractivity contribution is -0.123. The molecular formula is C15H18BrClN4O2S. The molecule has 0 aliphatic rings. The van der Waals surface area contributed by atoms with Crippen molar-refractivity contribution in [3.63, 3.8) is 0 Å². The van der Waals surface area contributed by atoms with Crippen LogP contribution in [-0.4, -0.2) is 29.9 Å². The van der Waals surface area contributed by atoms with E-state index in [0.717, 1.165) is 15.8 Å². The number of nitrogens with zero attached hydrogens (tertiary/aromatic N) is 1. The number of aryl methyl sites for hydroxylation is 1. The summed E-state index contributed by atoms with van der Waals surface area (Å²) in [6.45, 7) is 1.79. The zero-order valence-corrected chi connectivity index (χ0v) is 16.2. The summed E-state index contributed by atoms with van der Waals surface area (Å²) in [6.07, 6.45) is 2.50. The molecule has 0 radical (unpaired) electrons. The normalized spacial score (nSPS) is 9.96. The highest BCUT2D eigenvalue weighted by Gasteiger charge is 2.09. The average Bonchev–Trinajstić information content (AvgIpc) is 2.95. The number of carbonyl (C=O) groups excluding carboxylic acids is 2. The van der Waals surface area contributed by atoms with Gasteiger partial charge in [-0.05, 0) is 24.1 Å². The number of rotatable bonds is 6. The van der Waals surface area contributed by atoms with Gasteiger partial charge in [-0.1, -0.05) is 28.1 Å². The van der Waals surface area contributed by atoms with Crippen LogP contribution in [0.3, 0.4) is 0 Å². The van der Waals surface area contributed by atoms with E-state index in [0.29, 0.717) is 5.13 Å². The summed E-state index contributed by atoms with van der Waals surface area (Å²) >= 11 is 4.90. The van der Waals surface area contributed by atoms with Gasteiger partial charge in [0, 0.05) is 22.0 Å². The fourth-order valence-corrected chi connectivity index (χ4v) is 2.99. The van der Waals surface area contributed by atoms with Gasteiger partial charge >= 0.3 is 0 Å². The molecule has 0 aliphatic carbocycles. The van der Waals surface area contributed by atoms with Gasteiger partial charge in [0.1, 0.15) is 0 Å². The Hall–Kier alpha value is -1.48. The molecule has 0 bridgehead atoms. The highest BCUT2D eigenvalue weighted by molar-refractivity contribution is 9.10. The largest absolute Gasteiger partial charge is 0.346 e. The summed E-state index contributed by atoms with van der Waals surface area (Å²) in [7, 11) is 0. The van der Waals surface area contributed by atoms with Gasteiger partial charge in [-0.2, -0.15) is 0 Å². The van der Waals surface area contributed by atoms with Crippen molar-refractivity contribution in [1.29, 1.82) is 0 Å². The number of thiazole rings is 1. The maximum atomic E-state index is 11.7. The predicted octanol–water partition coefficient (Wildman–Crippen LogP) is 2.24. The minimum atomic E-state index is -0.370. The SMILES string of the molecule is Cc1cc(Cc2cnc(NC(=O)CNC(=O)CN)s2)ccc1Br.Cl. The van der Waals surface area contributed by atoms with Crippen molar-refractivity contribution in [3.8, 4) is 0 Å². The molecule has 1 aromatic carbocycles. The van der Waals surface area contributed by atoms with E-state index in [2.05, 4.69) is 43.7 Å². The first-order chi connectivity index (χ1) is 11.0. The molecular weight excluding hydrogens is 416 g/mol. The first-order valence-corrected chi connectivity index (χ1v) is 8.55. The first-order valence-electron chi connectivity index (χ1n) is 6.94. The molecule has 9 heteroatoms. The van der Waals surface area contributed by atoms with Crippen LogP contribution in [0.1, 0.15) is 16.0 Å². The Labute approximate surface area is 158 Å². The second-order valence-electron chi connectivity index (χ2n) is 4.92. The van der Waals surface area contributed by atoms with Crippen molar-refractivity contribution < 1.29 is 9.59 Å². The van der Waals surface area contributed by atoms with Crippen molar-refractivity contribution >= 4 is 56.6 Å². The Morgan fingerprint density at radius 3 is 2.75 bits per heavy atom. The zero-order chi connectivity index (χ0) is 16.8. The van der Waals surface area contributed by atoms with Crippen molar-refractivity contribution in [1.82, 2.24) is 10.3 Å². The Balaban J connectivity index is 0.00000288. The molecule has 2 aromatic rings. The minimum Gasteiger partial charge on any atom is -0.346 e. The van der Waals surface area contributed by atoms with Gasteiger partial charge < -0.3 is 16.4 Å². The van der Waals surface area contributed by atoms with Gasteiger partial charge in [0.15, 0.2) is 5.13 Å². The average molecular weight is 434 g/mol. The number of nitrogens with one attached hydrogen (secondary N) is 2. The van der Waals surface area contributed by atoms with Crippen molar-refractivity contribution in [2.24, 2.45) is 5.73 Å². The van der Waals surface area contributed by atoms with E-state index < -0.39 is 0 Å². The van der Waals surface area contributed by atoms with Crippen LogP contribution in [0.5, 0.6) is 0 Å². The smallest absolute Gasteiger partial charge is 0.245 e. The van der Waals surface area contributed by atoms with Crippen molar-refractivity contribution in [2.75, 3.05) is 18.4 Å². The molecule has 0 fully saturated rings. The molecule has 130 valence electrons. The number of amides is 2. The topological polar surface area (TPSA) is 97.1 Å². The van der Waals surface area contributed by atoms with Crippen LogP contribution in [0.25, 0.3) is 0 Å². The van der Waals surface area contributed by atoms with E-state index in [1.807, 2.05) is 13.0 Å². The molecule has 0 atom stereocenters. The molecule has 0 aliphatic heterocycles. The highest BCUT2D eigenvalue weighted by Crippen LogP contribution is 2.23. The van der Waals surface area contributed by atoms with Crippen LogP contribution >= 0.6 is 39.7 Å². The number of nitrogens with two attached hydrogens (primary N) is 1. The van der Waals surface area contributed by atoms with Gasteiger partial charge in [-0.25, -0.2) is 4.98 Å². The third kappa shape index (κ3) is 6.20. The third-order valence-electron chi connectivity index (χ3n) is 3.03. The minimum absolute atomic E-state index is 0. The van der Waals surface area contributed by atoms with Crippen LogP contribution in [0.15, 0.2) is 28.9 Å². The Morgan fingerprint density at radius 2 is 2.08 bits per heavy atom. The summed E-state index contributed by atoms with van der Waals surface area (Å²) < 4.78 is 1.08. The fraction of sp³-hybridized carbons (Fsp3) is 0.267. The van der Waals surface area contributed by atoms with Crippen molar-refractivity contribution in [2.45, 2.75) is 13.3 Å². The van der Waals surface area contributed by atoms with Crippen LogP contribution in [0.4, 0.5) is 5.13 Å². The lowest BCUT2D eigenvalue weighted by atomic mass is 10.1.